The molecule has 5 heteroatoms. The molecule has 4 nitrogen and oxygen atoms in total. The van der Waals surface area contributed by atoms with Crippen molar-refractivity contribution >= 4 is 27.5 Å². The second-order valence-corrected chi connectivity index (χ2v) is 5.07. The van der Waals surface area contributed by atoms with Crippen LogP contribution in [-0.2, 0) is 0 Å². The van der Waals surface area contributed by atoms with E-state index in [0.29, 0.717) is 18.5 Å². The van der Waals surface area contributed by atoms with Gasteiger partial charge in [-0.05, 0) is 24.6 Å². The van der Waals surface area contributed by atoms with Crippen LogP contribution in [0.2, 0.25) is 0 Å². The molecule has 1 heterocycles. The fraction of sp³-hybridized carbons (Fsp3) is 0.385. The first-order valence-electron chi connectivity index (χ1n) is 6.00. The molecule has 18 heavy (non-hydrogen) atoms. The van der Waals surface area contributed by atoms with E-state index in [4.69, 9.17) is 0 Å². The van der Waals surface area contributed by atoms with Crippen LogP contribution in [0, 0.1) is 0 Å². The Kier molecular flexibility index (Phi) is 4.28. The van der Waals surface area contributed by atoms with E-state index >= 15 is 0 Å². The molecule has 1 atom stereocenters. The van der Waals surface area contributed by atoms with Crippen LogP contribution >= 0.6 is 11.3 Å². The fourth-order valence-electron chi connectivity index (χ4n) is 1.74. The molecule has 0 saturated carbocycles. The number of hydrogen-bond donors (Lipinski definition) is 2. The van der Waals surface area contributed by atoms with Crippen molar-refractivity contribution in [2.24, 2.45) is 0 Å². The number of carbonyl (C=O) groups excluding carboxylic acids is 1. The Balaban J connectivity index is 1.99. The molecule has 1 aromatic heterocycles. The molecule has 0 radical (unpaired) electrons. The molecule has 1 amide bonds. The standard InChI is InChI=1S/C13H16N2O2S/c1-2-3-10(16)7-14-13(17)9-4-5-11-12(6-9)18-8-15-11/h4-6,8,10,16H,2-3,7H2,1H3,(H,14,17). The second-order valence-electron chi connectivity index (χ2n) is 4.19. The van der Waals surface area contributed by atoms with Gasteiger partial charge in [-0.25, -0.2) is 4.98 Å². The number of thiazole rings is 1. The predicted octanol–water partition coefficient (Wildman–Crippen LogP) is 2.19. The van der Waals surface area contributed by atoms with Crippen molar-refractivity contribution in [3.63, 3.8) is 0 Å². The molecule has 0 bridgehead atoms. The van der Waals surface area contributed by atoms with Gasteiger partial charge in [-0.1, -0.05) is 13.3 Å². The van der Waals surface area contributed by atoms with Crippen LogP contribution in [0.5, 0.6) is 0 Å². The molecule has 1 aromatic carbocycles. The maximum absolute atomic E-state index is 11.9. The third kappa shape index (κ3) is 3.05. The third-order valence-electron chi connectivity index (χ3n) is 2.71. The van der Waals surface area contributed by atoms with Crippen LogP contribution < -0.4 is 5.32 Å². The van der Waals surface area contributed by atoms with Crippen molar-refractivity contribution in [1.82, 2.24) is 10.3 Å². The first-order valence-corrected chi connectivity index (χ1v) is 6.88. The van der Waals surface area contributed by atoms with Crippen LogP contribution in [0.1, 0.15) is 30.1 Å². The van der Waals surface area contributed by atoms with Gasteiger partial charge in [0.1, 0.15) is 0 Å². The first kappa shape index (κ1) is 13.0. The summed E-state index contributed by atoms with van der Waals surface area (Å²) < 4.78 is 0.997. The maximum Gasteiger partial charge on any atom is 0.251 e. The number of amides is 1. The summed E-state index contributed by atoms with van der Waals surface area (Å²) in [5.41, 5.74) is 3.27. The van der Waals surface area contributed by atoms with Crippen LogP contribution in [0.25, 0.3) is 10.2 Å². The molecule has 0 aliphatic carbocycles. The normalized spacial score (nSPS) is 12.6. The van der Waals surface area contributed by atoms with Crippen molar-refractivity contribution < 1.29 is 9.90 Å². The van der Waals surface area contributed by atoms with Crippen molar-refractivity contribution in [2.75, 3.05) is 6.54 Å². The highest BCUT2D eigenvalue weighted by atomic mass is 32.1. The number of benzene rings is 1. The lowest BCUT2D eigenvalue weighted by Crippen LogP contribution is -2.31. The molecule has 1 unspecified atom stereocenters. The Labute approximate surface area is 110 Å². The minimum absolute atomic E-state index is 0.152. The summed E-state index contributed by atoms with van der Waals surface area (Å²) in [6.07, 6.45) is 1.14. The quantitative estimate of drug-likeness (QED) is 0.870. The van der Waals surface area contributed by atoms with Gasteiger partial charge < -0.3 is 10.4 Å². The van der Waals surface area contributed by atoms with E-state index in [0.717, 1.165) is 16.6 Å². The van der Waals surface area contributed by atoms with E-state index in [9.17, 15) is 9.90 Å². The molecule has 0 aliphatic heterocycles. The summed E-state index contributed by atoms with van der Waals surface area (Å²) in [7, 11) is 0. The number of carbonyl (C=O) groups is 1. The van der Waals surface area contributed by atoms with Crippen LogP contribution in [0.3, 0.4) is 0 Å². The van der Waals surface area contributed by atoms with Crippen molar-refractivity contribution in [1.29, 1.82) is 0 Å². The van der Waals surface area contributed by atoms with Gasteiger partial charge in [0.05, 0.1) is 21.8 Å². The molecule has 0 saturated heterocycles. The Bertz CT molecular complexity index is 539. The molecule has 0 aliphatic rings. The molecule has 2 rings (SSSR count). The number of aliphatic hydroxyl groups is 1. The average molecular weight is 264 g/mol. The lowest BCUT2D eigenvalue weighted by molar-refractivity contribution is 0.0910. The van der Waals surface area contributed by atoms with E-state index in [1.54, 1.807) is 11.6 Å². The van der Waals surface area contributed by atoms with Gasteiger partial charge in [-0.15, -0.1) is 11.3 Å². The second kappa shape index (κ2) is 5.93. The maximum atomic E-state index is 11.9. The van der Waals surface area contributed by atoms with Gasteiger partial charge in [0.15, 0.2) is 0 Å². The van der Waals surface area contributed by atoms with Crippen LogP contribution in [0.15, 0.2) is 23.7 Å². The number of aromatic nitrogens is 1. The van der Waals surface area contributed by atoms with Crippen LogP contribution in [-0.4, -0.2) is 28.6 Å². The molecule has 0 spiro atoms. The van der Waals surface area contributed by atoms with E-state index < -0.39 is 6.10 Å². The number of nitrogens with one attached hydrogen (secondary N) is 1. The smallest absolute Gasteiger partial charge is 0.251 e. The average Bonchev–Trinajstić information content (AvgIpc) is 2.83. The molecule has 2 aromatic rings. The highest BCUT2D eigenvalue weighted by Gasteiger charge is 2.09. The van der Waals surface area contributed by atoms with E-state index in [1.807, 2.05) is 19.1 Å². The lowest BCUT2D eigenvalue weighted by Gasteiger charge is -2.10. The highest BCUT2D eigenvalue weighted by molar-refractivity contribution is 7.16. The third-order valence-corrected chi connectivity index (χ3v) is 3.51. The zero-order valence-corrected chi connectivity index (χ0v) is 11.0. The summed E-state index contributed by atoms with van der Waals surface area (Å²) >= 11 is 1.51. The van der Waals surface area contributed by atoms with E-state index in [2.05, 4.69) is 10.3 Å². The number of rotatable bonds is 5. The molecule has 96 valence electrons. The highest BCUT2D eigenvalue weighted by Crippen LogP contribution is 2.18. The fourth-order valence-corrected chi connectivity index (χ4v) is 2.46. The monoisotopic (exact) mass is 264 g/mol. The molecule has 0 fully saturated rings. The van der Waals surface area contributed by atoms with Gasteiger partial charge in [0, 0.05) is 12.1 Å². The largest absolute Gasteiger partial charge is 0.391 e. The minimum atomic E-state index is -0.467. The topological polar surface area (TPSA) is 62.2 Å². The molecule has 2 N–H and O–H groups in total. The Morgan fingerprint density at radius 2 is 2.39 bits per heavy atom. The van der Waals surface area contributed by atoms with E-state index in [1.165, 1.54) is 11.3 Å². The van der Waals surface area contributed by atoms with Crippen LogP contribution in [0.4, 0.5) is 0 Å². The number of fused-ring (bicyclic) bond motifs is 1. The van der Waals surface area contributed by atoms with Gasteiger partial charge in [-0.3, -0.25) is 4.79 Å². The lowest BCUT2D eigenvalue weighted by atomic mass is 10.2. The first-order chi connectivity index (χ1) is 8.70. The summed E-state index contributed by atoms with van der Waals surface area (Å²) in [6.45, 7) is 2.30. The van der Waals surface area contributed by atoms with Crippen molar-refractivity contribution in [2.45, 2.75) is 25.9 Å². The molecular formula is C13H16N2O2S. The van der Waals surface area contributed by atoms with Gasteiger partial charge in [0.2, 0.25) is 0 Å². The van der Waals surface area contributed by atoms with Crippen molar-refractivity contribution in [3.8, 4) is 0 Å². The number of aliphatic hydroxyl groups excluding tert-OH is 1. The van der Waals surface area contributed by atoms with Crippen molar-refractivity contribution in [3.05, 3.63) is 29.3 Å². The van der Waals surface area contributed by atoms with Gasteiger partial charge >= 0.3 is 0 Å². The number of hydrogen-bond acceptors (Lipinski definition) is 4. The van der Waals surface area contributed by atoms with Gasteiger partial charge in [0.25, 0.3) is 5.91 Å². The Morgan fingerprint density at radius 3 is 3.17 bits per heavy atom. The molecular weight excluding hydrogens is 248 g/mol. The predicted molar refractivity (Wildman–Crippen MR) is 72.9 cm³/mol. The zero-order valence-electron chi connectivity index (χ0n) is 10.2. The zero-order chi connectivity index (χ0) is 13.0. The minimum Gasteiger partial charge on any atom is -0.391 e. The van der Waals surface area contributed by atoms with E-state index in [-0.39, 0.29) is 5.91 Å². The van der Waals surface area contributed by atoms with Gasteiger partial charge in [-0.2, -0.15) is 0 Å². The summed E-state index contributed by atoms with van der Waals surface area (Å²) in [4.78, 5) is 16.0. The summed E-state index contributed by atoms with van der Waals surface area (Å²) in [6, 6.07) is 5.42. The summed E-state index contributed by atoms with van der Waals surface area (Å²) in [5, 5.41) is 12.3. The Hall–Kier alpha value is -1.46. The Morgan fingerprint density at radius 1 is 1.56 bits per heavy atom. The SMILES string of the molecule is CCCC(O)CNC(=O)c1ccc2ncsc2c1. The number of nitrogens with zero attached hydrogens (tertiary/aromatic N) is 1. The summed E-state index contributed by atoms with van der Waals surface area (Å²) in [5.74, 6) is -0.152.